The molecule has 0 fully saturated rings. The van der Waals surface area contributed by atoms with Crippen molar-refractivity contribution >= 4 is 55.0 Å². The van der Waals surface area contributed by atoms with Crippen LogP contribution in [0, 0.1) is 5.92 Å². The van der Waals surface area contributed by atoms with Crippen LogP contribution in [0.4, 0.5) is 4.79 Å². The zero-order valence-corrected chi connectivity index (χ0v) is 26.3. The smallest absolute Gasteiger partial charge is 0.312 e. The summed E-state index contributed by atoms with van der Waals surface area (Å²) in [6.07, 6.45) is 5.12. The first-order valence-corrected chi connectivity index (χ1v) is 15.1. The average molecular weight is 636 g/mol. The summed E-state index contributed by atoms with van der Waals surface area (Å²) in [4.78, 5) is 96.5. The molecular formula is C28H46BN7O9. The molecule has 0 aromatic rings. The number of nitrogens with zero attached hydrogens (tertiary/aromatic N) is 1. The van der Waals surface area contributed by atoms with E-state index < -0.39 is 35.8 Å². The molecule has 250 valence electrons. The third-order valence-corrected chi connectivity index (χ3v) is 6.61. The lowest BCUT2D eigenvalue weighted by atomic mass is 10.0. The zero-order valence-electron chi connectivity index (χ0n) is 26.3. The van der Waals surface area contributed by atoms with E-state index in [1.54, 1.807) is 13.8 Å². The second-order valence-electron chi connectivity index (χ2n) is 10.9. The molecule has 0 aromatic carbocycles. The van der Waals surface area contributed by atoms with Crippen LogP contribution in [-0.4, -0.2) is 111 Å². The maximum Gasteiger partial charge on any atom is 0.312 e. The van der Waals surface area contributed by atoms with Gasteiger partial charge in [0, 0.05) is 44.6 Å². The first kappa shape index (κ1) is 38.7. The minimum Gasteiger partial charge on any atom is -0.379 e. The molecule has 0 bridgehead atoms. The van der Waals surface area contributed by atoms with Gasteiger partial charge in [0.2, 0.25) is 23.6 Å². The maximum absolute atomic E-state index is 13.0. The van der Waals surface area contributed by atoms with Crippen LogP contribution < -0.4 is 32.3 Å². The van der Waals surface area contributed by atoms with Gasteiger partial charge in [0.15, 0.2) is 7.85 Å². The van der Waals surface area contributed by atoms with Crippen LogP contribution in [0.5, 0.6) is 0 Å². The summed E-state index contributed by atoms with van der Waals surface area (Å²) in [7, 11) is 1.31. The number of imide groups is 1. The van der Waals surface area contributed by atoms with Gasteiger partial charge in [-0.2, -0.15) is 0 Å². The van der Waals surface area contributed by atoms with Gasteiger partial charge in [0.1, 0.15) is 17.8 Å². The van der Waals surface area contributed by atoms with E-state index in [1.807, 2.05) is 0 Å². The molecule has 0 saturated carbocycles. The van der Waals surface area contributed by atoms with E-state index in [2.05, 4.69) is 26.6 Å². The minimum absolute atomic E-state index is 0.0384. The highest BCUT2D eigenvalue weighted by atomic mass is 16.5. The highest BCUT2D eigenvalue weighted by Gasteiger charge is 2.28. The number of nitrogens with two attached hydrogens (primary N) is 1. The van der Waals surface area contributed by atoms with E-state index in [1.165, 1.54) is 24.9 Å². The minimum atomic E-state index is -1.01. The molecule has 0 aromatic heterocycles. The number of unbranched alkanes of at least 4 members (excludes halogenated alkanes) is 2. The molecule has 1 rings (SSSR count). The number of ether oxygens (including phenoxy) is 1. The molecule has 0 radical (unpaired) electrons. The van der Waals surface area contributed by atoms with Crippen LogP contribution >= 0.6 is 0 Å². The van der Waals surface area contributed by atoms with Crippen molar-refractivity contribution < 1.29 is 43.1 Å². The van der Waals surface area contributed by atoms with Gasteiger partial charge in [-0.25, -0.2) is 4.79 Å². The fraction of sp³-hybridized carbons (Fsp3) is 0.643. The number of rotatable bonds is 23. The molecule has 0 aliphatic carbocycles. The Kier molecular flexibility index (Phi) is 18.5. The van der Waals surface area contributed by atoms with E-state index in [-0.39, 0.29) is 75.0 Å². The van der Waals surface area contributed by atoms with Gasteiger partial charge < -0.3 is 41.8 Å². The standard InChI is InChI=1S/C28H46BN7O9/c1-18(2)25(27(43)34-19(7-6-12-32-28(30)44)26(42)33-17-20(29)37)35-22(39)11-15-45-16-13-31-21(38)8-4-3-5-14-36-23(40)9-10-24(36)41/h9-10,18-19,25H,3-8,11-17,29H2,1-2H3,(H,31,38)(H,33,42)(H,34,43)(H,35,39)(H3,30,32,44)/t19-,25?/m0/s1. The second-order valence-corrected chi connectivity index (χ2v) is 10.9. The van der Waals surface area contributed by atoms with Crippen molar-refractivity contribution in [1.29, 1.82) is 0 Å². The fourth-order valence-corrected chi connectivity index (χ4v) is 4.17. The Hall–Kier alpha value is -4.28. The van der Waals surface area contributed by atoms with Crippen molar-refractivity contribution in [2.75, 3.05) is 39.4 Å². The van der Waals surface area contributed by atoms with Crippen LogP contribution in [0.25, 0.3) is 0 Å². The Bertz CT molecular complexity index is 1080. The molecule has 1 aliphatic heterocycles. The van der Waals surface area contributed by atoms with Gasteiger partial charge in [-0.1, -0.05) is 20.3 Å². The monoisotopic (exact) mass is 635 g/mol. The summed E-state index contributed by atoms with van der Waals surface area (Å²) in [5.41, 5.74) is 4.78. The topological polar surface area (TPSA) is 235 Å². The number of primary amides is 1. The van der Waals surface area contributed by atoms with Crippen LogP contribution in [-0.2, 0) is 38.3 Å². The number of nitrogens with one attached hydrogen (secondary N) is 5. The molecule has 7 N–H and O–H groups in total. The summed E-state index contributed by atoms with van der Waals surface area (Å²) >= 11 is 0. The van der Waals surface area contributed by atoms with Crippen molar-refractivity contribution in [3.8, 4) is 0 Å². The summed E-state index contributed by atoms with van der Waals surface area (Å²) in [5, 5.41) is 12.9. The van der Waals surface area contributed by atoms with E-state index in [0.29, 0.717) is 38.6 Å². The van der Waals surface area contributed by atoms with E-state index in [0.717, 1.165) is 0 Å². The number of carbonyl (C=O) groups is 8. The van der Waals surface area contributed by atoms with Gasteiger partial charge in [0.25, 0.3) is 11.8 Å². The molecular weight excluding hydrogens is 589 g/mol. The Balaban J connectivity index is 2.34. The first-order chi connectivity index (χ1) is 21.3. The highest BCUT2D eigenvalue weighted by molar-refractivity contribution is 6.58. The molecule has 0 spiro atoms. The number of hydrogen-bond acceptors (Lipinski definition) is 9. The SMILES string of the molecule is BC(=O)CNC(=O)[C@H](CCCNC(N)=O)NC(=O)C(NC(=O)CCOCCNC(=O)CCCCCN1C(=O)C=CC1=O)C(C)C. The molecule has 1 heterocycles. The van der Waals surface area contributed by atoms with Gasteiger partial charge in [-0.15, -0.1) is 0 Å². The van der Waals surface area contributed by atoms with E-state index >= 15 is 0 Å². The van der Waals surface area contributed by atoms with Crippen molar-refractivity contribution in [3.63, 3.8) is 0 Å². The molecule has 0 saturated heterocycles. The lowest BCUT2D eigenvalue weighted by Gasteiger charge is -2.25. The third kappa shape index (κ3) is 17.0. The van der Waals surface area contributed by atoms with Gasteiger partial charge in [0.05, 0.1) is 19.8 Å². The van der Waals surface area contributed by atoms with E-state index in [4.69, 9.17) is 10.5 Å². The van der Waals surface area contributed by atoms with Crippen molar-refractivity contribution in [2.45, 2.75) is 70.9 Å². The van der Waals surface area contributed by atoms with Crippen LogP contribution in [0.3, 0.4) is 0 Å². The number of urea groups is 1. The summed E-state index contributed by atoms with van der Waals surface area (Å²) in [6, 6.07) is -2.67. The second kappa shape index (κ2) is 21.4. The summed E-state index contributed by atoms with van der Waals surface area (Å²) in [6.45, 7) is 4.26. The predicted octanol–water partition coefficient (Wildman–Crippen LogP) is -2.66. The Morgan fingerprint density at radius 1 is 0.822 bits per heavy atom. The molecule has 17 heteroatoms. The van der Waals surface area contributed by atoms with Crippen LogP contribution in [0.1, 0.15) is 58.8 Å². The van der Waals surface area contributed by atoms with E-state index in [9.17, 15) is 38.4 Å². The normalized spacial score (nSPS) is 13.7. The average Bonchev–Trinajstić information content (AvgIpc) is 3.29. The van der Waals surface area contributed by atoms with Crippen molar-refractivity contribution in [2.24, 2.45) is 11.7 Å². The summed E-state index contributed by atoms with van der Waals surface area (Å²) < 4.78 is 5.42. The lowest BCUT2D eigenvalue weighted by Crippen LogP contribution is -2.55. The molecule has 8 amide bonds. The molecule has 1 unspecified atom stereocenters. The number of amides is 8. The van der Waals surface area contributed by atoms with Crippen LogP contribution in [0.2, 0.25) is 0 Å². The third-order valence-electron chi connectivity index (χ3n) is 6.61. The summed E-state index contributed by atoms with van der Waals surface area (Å²) in [5.74, 6) is -2.70. The van der Waals surface area contributed by atoms with Gasteiger partial charge in [-0.05, 0) is 31.6 Å². The van der Waals surface area contributed by atoms with Gasteiger partial charge in [-0.3, -0.25) is 33.7 Å². The fourth-order valence-electron chi connectivity index (χ4n) is 4.17. The lowest BCUT2D eigenvalue weighted by molar-refractivity contribution is -0.137. The zero-order chi connectivity index (χ0) is 33.8. The predicted molar refractivity (Wildman–Crippen MR) is 165 cm³/mol. The van der Waals surface area contributed by atoms with Crippen molar-refractivity contribution in [3.05, 3.63) is 12.2 Å². The Morgan fingerprint density at radius 2 is 1.51 bits per heavy atom. The maximum atomic E-state index is 13.0. The molecule has 16 nitrogen and oxygen atoms in total. The number of hydrogen-bond donors (Lipinski definition) is 6. The molecule has 2 atom stereocenters. The molecule has 1 aliphatic rings. The highest BCUT2D eigenvalue weighted by Crippen LogP contribution is 2.08. The Morgan fingerprint density at radius 3 is 2.13 bits per heavy atom. The first-order valence-electron chi connectivity index (χ1n) is 15.1. The number of carbonyl (C=O) groups excluding carboxylic acids is 8. The van der Waals surface area contributed by atoms with Crippen LogP contribution in [0.15, 0.2) is 12.2 Å². The molecule has 45 heavy (non-hydrogen) atoms. The quantitative estimate of drug-likeness (QED) is 0.0390. The van der Waals surface area contributed by atoms with Crippen molar-refractivity contribution in [1.82, 2.24) is 31.5 Å². The Labute approximate surface area is 263 Å². The largest absolute Gasteiger partial charge is 0.379 e. The van der Waals surface area contributed by atoms with Gasteiger partial charge >= 0.3 is 6.03 Å².